The number of benzene rings is 1. The first-order chi connectivity index (χ1) is 6.29. The molecular formula is C8H9BF3IKN. The number of rotatable bonds is 2. The summed E-state index contributed by atoms with van der Waals surface area (Å²) in [5.41, 5.74) is 6.81. The van der Waals surface area contributed by atoms with E-state index < -0.39 is 13.3 Å². The standard InChI is InChI=1S/C8H9BF3IN.K/c1-5-6(4-9(10,11)12)2-7(13)3-8(5)14;/h2-3H,4,14H2,1H3;/q-1;+1. The van der Waals surface area contributed by atoms with Gasteiger partial charge in [0.05, 0.1) is 0 Å². The third kappa shape index (κ3) is 5.40. The average Bonchev–Trinajstić information content (AvgIpc) is 1.96. The van der Waals surface area contributed by atoms with E-state index in [0.717, 1.165) is 3.57 Å². The predicted octanol–water partition coefficient (Wildman–Crippen LogP) is 0.115. The van der Waals surface area contributed by atoms with E-state index in [0.29, 0.717) is 11.3 Å². The van der Waals surface area contributed by atoms with E-state index in [4.69, 9.17) is 5.73 Å². The van der Waals surface area contributed by atoms with Gasteiger partial charge in [0.25, 0.3) is 0 Å². The van der Waals surface area contributed by atoms with Gasteiger partial charge in [-0.05, 0) is 47.2 Å². The minimum atomic E-state index is -4.79. The predicted molar refractivity (Wildman–Crippen MR) is 61.1 cm³/mol. The number of nitrogens with two attached hydrogens (primary N) is 1. The van der Waals surface area contributed by atoms with Crippen molar-refractivity contribution in [2.24, 2.45) is 0 Å². The fourth-order valence-electron chi connectivity index (χ4n) is 1.22. The maximum Gasteiger partial charge on any atom is 1.00 e. The molecular weight excluding hydrogens is 344 g/mol. The maximum absolute atomic E-state index is 12.2. The van der Waals surface area contributed by atoms with E-state index in [2.05, 4.69) is 0 Å². The van der Waals surface area contributed by atoms with Gasteiger partial charge >= 0.3 is 58.4 Å². The number of halogens is 4. The normalized spacial score (nSPS) is 11.0. The molecule has 0 amide bonds. The van der Waals surface area contributed by atoms with Gasteiger partial charge in [-0.3, -0.25) is 0 Å². The van der Waals surface area contributed by atoms with Gasteiger partial charge in [-0.1, -0.05) is 11.9 Å². The summed E-state index contributed by atoms with van der Waals surface area (Å²) in [5.74, 6) is 0. The molecule has 1 aromatic rings. The summed E-state index contributed by atoms with van der Waals surface area (Å²) in [6, 6.07) is 3.20. The summed E-state index contributed by atoms with van der Waals surface area (Å²) in [5, 5.41) is 0. The van der Waals surface area contributed by atoms with Crippen LogP contribution in [0.1, 0.15) is 11.1 Å². The van der Waals surface area contributed by atoms with Gasteiger partial charge in [-0.25, -0.2) is 0 Å². The van der Waals surface area contributed by atoms with Gasteiger partial charge in [0, 0.05) is 9.26 Å². The number of nitrogen functional groups attached to an aromatic ring is 1. The Kier molecular flexibility index (Phi) is 6.77. The first kappa shape index (κ1) is 16.2. The Balaban J connectivity index is 0.00000196. The van der Waals surface area contributed by atoms with Crippen LogP contribution >= 0.6 is 22.6 Å². The molecule has 0 saturated heterocycles. The molecule has 7 heteroatoms. The Morgan fingerprint density at radius 1 is 1.33 bits per heavy atom. The van der Waals surface area contributed by atoms with Gasteiger partial charge in [0.15, 0.2) is 0 Å². The average molecular weight is 353 g/mol. The van der Waals surface area contributed by atoms with Crippen molar-refractivity contribution >= 4 is 35.3 Å². The summed E-state index contributed by atoms with van der Waals surface area (Å²) in [4.78, 5) is 0. The van der Waals surface area contributed by atoms with Crippen molar-refractivity contribution in [3.63, 3.8) is 0 Å². The molecule has 78 valence electrons. The number of hydrogen-bond donors (Lipinski definition) is 1. The zero-order valence-electron chi connectivity index (χ0n) is 8.53. The molecule has 0 unspecified atom stereocenters. The summed E-state index contributed by atoms with van der Waals surface area (Å²) in [7, 11) is 0. The fourth-order valence-corrected chi connectivity index (χ4v) is 1.93. The zero-order chi connectivity index (χ0) is 10.9. The smallest absolute Gasteiger partial charge is 0.449 e. The third-order valence-corrected chi connectivity index (χ3v) is 2.59. The molecule has 0 aliphatic carbocycles. The molecule has 0 bridgehead atoms. The molecule has 0 atom stereocenters. The van der Waals surface area contributed by atoms with E-state index in [-0.39, 0.29) is 56.9 Å². The maximum atomic E-state index is 12.2. The topological polar surface area (TPSA) is 26.0 Å². The molecule has 0 heterocycles. The summed E-state index contributed by atoms with van der Waals surface area (Å²) in [6.45, 7) is -3.18. The van der Waals surface area contributed by atoms with Gasteiger partial charge < -0.3 is 18.7 Å². The van der Waals surface area contributed by atoms with E-state index in [1.807, 2.05) is 22.6 Å². The van der Waals surface area contributed by atoms with Crippen LogP contribution in [-0.4, -0.2) is 6.98 Å². The van der Waals surface area contributed by atoms with Crippen LogP contribution in [-0.2, 0) is 6.32 Å². The van der Waals surface area contributed by atoms with Crippen LogP contribution in [0.5, 0.6) is 0 Å². The van der Waals surface area contributed by atoms with Gasteiger partial charge in [-0.15, -0.1) is 0 Å². The van der Waals surface area contributed by atoms with Crippen LogP contribution in [0.25, 0.3) is 0 Å². The van der Waals surface area contributed by atoms with Crippen LogP contribution in [0.15, 0.2) is 12.1 Å². The Morgan fingerprint density at radius 3 is 2.33 bits per heavy atom. The molecule has 2 N–H and O–H groups in total. The fraction of sp³-hybridized carbons (Fsp3) is 0.250. The van der Waals surface area contributed by atoms with Crippen molar-refractivity contribution in [2.75, 3.05) is 5.73 Å². The van der Waals surface area contributed by atoms with Crippen molar-refractivity contribution in [2.45, 2.75) is 13.2 Å². The molecule has 1 rings (SSSR count). The van der Waals surface area contributed by atoms with Crippen molar-refractivity contribution in [3.05, 3.63) is 26.8 Å². The summed E-state index contributed by atoms with van der Waals surface area (Å²) >= 11 is 1.96. The zero-order valence-corrected chi connectivity index (χ0v) is 13.8. The molecule has 0 aliphatic heterocycles. The monoisotopic (exact) mass is 353 g/mol. The van der Waals surface area contributed by atoms with E-state index in [1.165, 1.54) is 6.07 Å². The van der Waals surface area contributed by atoms with Crippen LogP contribution in [0, 0.1) is 10.5 Å². The summed E-state index contributed by atoms with van der Waals surface area (Å²) in [6.07, 6.45) is -0.854. The minimum Gasteiger partial charge on any atom is -0.449 e. The Bertz CT molecular complexity index is 356. The Labute approximate surface area is 143 Å². The second-order valence-corrected chi connectivity index (χ2v) is 4.44. The molecule has 0 fully saturated rings. The SMILES string of the molecule is Cc1c(N)cc(I)cc1C[B-](F)(F)F.[K+]. The molecule has 0 aliphatic rings. The van der Waals surface area contributed by atoms with Crippen molar-refractivity contribution < 1.29 is 64.3 Å². The number of anilines is 1. The van der Waals surface area contributed by atoms with Crippen LogP contribution in [0.2, 0.25) is 0 Å². The second kappa shape index (κ2) is 6.25. The Morgan fingerprint density at radius 2 is 1.87 bits per heavy atom. The van der Waals surface area contributed by atoms with Crippen LogP contribution < -0.4 is 57.1 Å². The molecule has 1 nitrogen and oxygen atoms in total. The molecule has 15 heavy (non-hydrogen) atoms. The molecule has 0 spiro atoms. The third-order valence-electron chi connectivity index (χ3n) is 1.97. The van der Waals surface area contributed by atoms with Crippen molar-refractivity contribution in [1.82, 2.24) is 0 Å². The van der Waals surface area contributed by atoms with Crippen LogP contribution in [0.3, 0.4) is 0 Å². The van der Waals surface area contributed by atoms with E-state index in [1.54, 1.807) is 13.0 Å². The molecule has 0 radical (unpaired) electrons. The van der Waals surface area contributed by atoms with E-state index >= 15 is 0 Å². The minimum absolute atomic E-state index is 0. The first-order valence-electron chi connectivity index (χ1n) is 4.05. The Hall–Kier alpha value is 1.24. The van der Waals surface area contributed by atoms with E-state index in [9.17, 15) is 12.9 Å². The largest absolute Gasteiger partial charge is 1.00 e. The summed E-state index contributed by atoms with van der Waals surface area (Å²) < 4.78 is 37.3. The van der Waals surface area contributed by atoms with Gasteiger partial charge in [-0.2, -0.15) is 0 Å². The quantitative estimate of drug-likeness (QED) is 0.456. The van der Waals surface area contributed by atoms with Crippen molar-refractivity contribution in [3.8, 4) is 0 Å². The van der Waals surface area contributed by atoms with Crippen LogP contribution in [0.4, 0.5) is 18.6 Å². The molecule has 1 aromatic carbocycles. The van der Waals surface area contributed by atoms with Gasteiger partial charge in [0.2, 0.25) is 0 Å². The molecule has 0 saturated carbocycles. The van der Waals surface area contributed by atoms with Gasteiger partial charge in [0.1, 0.15) is 0 Å². The van der Waals surface area contributed by atoms with Crippen molar-refractivity contribution in [1.29, 1.82) is 0 Å². The number of hydrogen-bond acceptors (Lipinski definition) is 1. The molecule has 0 aromatic heterocycles. The first-order valence-corrected chi connectivity index (χ1v) is 5.13. The second-order valence-electron chi connectivity index (χ2n) is 3.19.